The maximum Gasteiger partial charge on any atom is 0.431 e. The number of nitrogens with one attached hydrogen (secondary N) is 1. The smallest absolute Gasteiger partial charge is 0.431 e. The first-order valence-electron chi connectivity index (χ1n) is 4.66. The van der Waals surface area contributed by atoms with Crippen molar-refractivity contribution in [3.05, 3.63) is 24.0 Å². The molecule has 1 aliphatic rings. The number of rotatable bonds is 0. The maximum absolute atomic E-state index is 12.5. The second kappa shape index (κ2) is 4.19. The van der Waals surface area contributed by atoms with Gasteiger partial charge < -0.3 is 10.1 Å². The molecule has 1 rings (SSSR count). The first kappa shape index (κ1) is 12.6. The van der Waals surface area contributed by atoms with Gasteiger partial charge in [0.15, 0.2) is 0 Å². The van der Waals surface area contributed by atoms with Crippen molar-refractivity contribution in [3.63, 3.8) is 0 Å². The highest BCUT2D eigenvalue weighted by molar-refractivity contribution is 5.77. The molecule has 1 N–H and O–H groups in total. The van der Waals surface area contributed by atoms with Crippen molar-refractivity contribution < 1.29 is 17.9 Å². The van der Waals surface area contributed by atoms with Gasteiger partial charge in [0.05, 0.1) is 0 Å². The van der Waals surface area contributed by atoms with E-state index in [4.69, 9.17) is 4.74 Å². The highest BCUT2D eigenvalue weighted by Crippen LogP contribution is 2.24. The van der Waals surface area contributed by atoms with Crippen LogP contribution in [0.15, 0.2) is 29.0 Å². The van der Waals surface area contributed by atoms with Crippen molar-refractivity contribution >= 4 is 6.02 Å². The largest absolute Gasteiger partial charge is 0.459 e. The van der Waals surface area contributed by atoms with Gasteiger partial charge in [0, 0.05) is 6.20 Å². The quantitative estimate of drug-likeness (QED) is 0.699. The minimum absolute atomic E-state index is 0.162. The predicted octanol–water partition coefficient (Wildman–Crippen LogP) is 2.72. The third-order valence-electron chi connectivity index (χ3n) is 1.49. The first-order valence-corrected chi connectivity index (χ1v) is 4.66. The zero-order valence-corrected chi connectivity index (χ0v) is 9.22. The van der Waals surface area contributed by atoms with Crippen molar-refractivity contribution in [2.24, 2.45) is 4.99 Å². The van der Waals surface area contributed by atoms with Gasteiger partial charge in [-0.3, -0.25) is 0 Å². The summed E-state index contributed by atoms with van der Waals surface area (Å²) in [5.74, 6) is 0. The molecule has 0 radical (unpaired) electrons. The molecule has 0 aromatic carbocycles. The fourth-order valence-electron chi connectivity index (χ4n) is 0.946. The summed E-state index contributed by atoms with van der Waals surface area (Å²) in [6.07, 6.45) is -1.10. The van der Waals surface area contributed by atoms with Crippen LogP contribution in [0.5, 0.6) is 0 Å². The lowest BCUT2D eigenvalue weighted by Crippen LogP contribution is -2.37. The van der Waals surface area contributed by atoms with Crippen molar-refractivity contribution in [1.82, 2.24) is 5.32 Å². The fraction of sp³-hybridized carbons (Fsp3) is 0.500. The van der Waals surface area contributed by atoms with Crippen LogP contribution in [0.3, 0.4) is 0 Å². The molecule has 16 heavy (non-hydrogen) atoms. The Hall–Kier alpha value is -1.46. The molecule has 1 aliphatic heterocycles. The van der Waals surface area contributed by atoms with Crippen molar-refractivity contribution in [3.8, 4) is 0 Å². The normalized spacial score (nSPS) is 17.1. The number of hydrogen-bond donors (Lipinski definition) is 1. The minimum Gasteiger partial charge on any atom is -0.459 e. The number of amidine groups is 1. The summed E-state index contributed by atoms with van der Waals surface area (Å²) in [6, 6.07) is -0.162. The molecule has 0 amide bonds. The summed E-state index contributed by atoms with van der Waals surface area (Å²) < 4.78 is 42.6. The van der Waals surface area contributed by atoms with E-state index in [1.54, 1.807) is 20.8 Å². The van der Waals surface area contributed by atoms with Crippen LogP contribution in [0.2, 0.25) is 0 Å². The van der Waals surface area contributed by atoms with Gasteiger partial charge in [-0.05, 0) is 32.9 Å². The fourth-order valence-corrected chi connectivity index (χ4v) is 0.946. The second-order valence-corrected chi connectivity index (χ2v) is 4.19. The molecule has 0 aromatic heterocycles. The van der Waals surface area contributed by atoms with Crippen molar-refractivity contribution in [2.75, 3.05) is 0 Å². The van der Waals surface area contributed by atoms with E-state index < -0.39 is 17.5 Å². The summed E-state index contributed by atoms with van der Waals surface area (Å²) in [5, 5.41) is 2.11. The zero-order chi connectivity index (χ0) is 12.4. The third kappa shape index (κ3) is 3.96. The van der Waals surface area contributed by atoms with Crippen LogP contribution < -0.4 is 5.32 Å². The topological polar surface area (TPSA) is 33.6 Å². The van der Waals surface area contributed by atoms with Crippen LogP contribution >= 0.6 is 0 Å². The molecular formula is C10H13F3N2O. The van der Waals surface area contributed by atoms with E-state index >= 15 is 0 Å². The second-order valence-electron chi connectivity index (χ2n) is 4.19. The summed E-state index contributed by atoms with van der Waals surface area (Å²) in [5.41, 5.74) is -1.51. The summed E-state index contributed by atoms with van der Waals surface area (Å²) >= 11 is 0. The number of nitrogens with zero attached hydrogens (tertiary/aromatic N) is 1. The molecule has 90 valence electrons. The summed E-state index contributed by atoms with van der Waals surface area (Å²) in [7, 11) is 0. The van der Waals surface area contributed by atoms with Gasteiger partial charge in [0.25, 0.3) is 6.02 Å². The lowest BCUT2D eigenvalue weighted by molar-refractivity contribution is -0.0957. The third-order valence-corrected chi connectivity index (χ3v) is 1.49. The molecule has 0 aromatic rings. The molecule has 1 heterocycles. The number of aliphatic imine (C=N–C) groups is 1. The van der Waals surface area contributed by atoms with Gasteiger partial charge in [-0.25, -0.2) is 4.99 Å². The number of halogens is 3. The van der Waals surface area contributed by atoms with Crippen LogP contribution in [0.1, 0.15) is 20.8 Å². The van der Waals surface area contributed by atoms with Gasteiger partial charge in [-0.15, -0.1) is 0 Å². The van der Waals surface area contributed by atoms with Crippen molar-refractivity contribution in [2.45, 2.75) is 32.5 Å². The lowest BCUT2D eigenvalue weighted by atomic mass is 10.2. The molecule has 0 spiro atoms. The van der Waals surface area contributed by atoms with Gasteiger partial charge in [-0.1, -0.05) is 0 Å². The molecule has 0 saturated heterocycles. The van der Waals surface area contributed by atoms with Crippen molar-refractivity contribution in [1.29, 1.82) is 0 Å². The standard InChI is InChI=1S/C10H13F3N2O/c1-9(2,3)16-8-14-6-4-5-7(15-8)10(11,12)13/h4-6H,1-3H3,(H,14,15). The van der Waals surface area contributed by atoms with Crippen LogP contribution in [0.25, 0.3) is 0 Å². The Morgan fingerprint density at radius 3 is 2.38 bits per heavy atom. The van der Waals surface area contributed by atoms with Gasteiger partial charge in [0.1, 0.15) is 11.3 Å². The highest BCUT2D eigenvalue weighted by Gasteiger charge is 2.35. The molecule has 0 atom stereocenters. The molecule has 0 saturated carbocycles. The minimum atomic E-state index is -4.45. The van der Waals surface area contributed by atoms with Gasteiger partial charge in [-0.2, -0.15) is 13.2 Å². The van der Waals surface area contributed by atoms with Crippen LogP contribution in [-0.2, 0) is 4.74 Å². The maximum atomic E-state index is 12.5. The predicted molar refractivity (Wildman–Crippen MR) is 54.7 cm³/mol. The van der Waals surface area contributed by atoms with Crippen LogP contribution in [-0.4, -0.2) is 17.8 Å². The molecule has 0 fully saturated rings. The number of alkyl halides is 3. The Kier molecular flexibility index (Phi) is 3.30. The molecule has 0 bridgehead atoms. The Bertz CT molecular complexity index is 348. The highest BCUT2D eigenvalue weighted by atomic mass is 19.4. The van der Waals surface area contributed by atoms with Gasteiger partial charge >= 0.3 is 6.18 Å². The van der Waals surface area contributed by atoms with E-state index in [1.807, 2.05) is 0 Å². The average molecular weight is 234 g/mol. The monoisotopic (exact) mass is 234 g/mol. The SMILES string of the molecule is CC(C)(C)OC1=NC=CC=C(C(F)(F)F)N1. The lowest BCUT2D eigenvalue weighted by Gasteiger charge is -2.23. The zero-order valence-electron chi connectivity index (χ0n) is 9.22. The summed E-state index contributed by atoms with van der Waals surface area (Å²) in [4.78, 5) is 3.72. The van der Waals surface area contributed by atoms with E-state index in [9.17, 15) is 13.2 Å². The van der Waals surface area contributed by atoms with E-state index in [1.165, 1.54) is 12.3 Å². The Balaban J connectivity index is 2.82. The van der Waals surface area contributed by atoms with E-state index in [0.29, 0.717) is 0 Å². The van der Waals surface area contributed by atoms with Gasteiger partial charge in [0.2, 0.25) is 0 Å². The first-order chi connectivity index (χ1) is 7.18. The molecule has 0 unspecified atom stereocenters. The molecule has 0 aliphatic carbocycles. The Labute approximate surface area is 91.7 Å². The van der Waals surface area contributed by atoms with E-state index in [-0.39, 0.29) is 6.02 Å². The average Bonchev–Trinajstić information content (AvgIpc) is 2.25. The van der Waals surface area contributed by atoms with E-state index in [2.05, 4.69) is 10.3 Å². The van der Waals surface area contributed by atoms with Crippen LogP contribution in [0, 0.1) is 0 Å². The number of hydrogen-bond acceptors (Lipinski definition) is 3. The van der Waals surface area contributed by atoms with E-state index in [0.717, 1.165) is 6.08 Å². The molecule has 6 heteroatoms. The molecular weight excluding hydrogens is 221 g/mol. The molecule has 3 nitrogen and oxygen atoms in total. The van der Waals surface area contributed by atoms with Crippen LogP contribution in [0.4, 0.5) is 13.2 Å². The summed E-state index contributed by atoms with van der Waals surface area (Å²) in [6.45, 7) is 5.17. The Morgan fingerprint density at radius 2 is 1.88 bits per heavy atom. The number of ether oxygens (including phenoxy) is 1. The number of allylic oxidation sites excluding steroid dienone is 3. The Morgan fingerprint density at radius 1 is 1.25 bits per heavy atom.